The van der Waals surface area contributed by atoms with E-state index in [9.17, 15) is 10.1 Å². The van der Waals surface area contributed by atoms with E-state index in [2.05, 4.69) is 17.1 Å². The molecule has 0 amide bonds. The summed E-state index contributed by atoms with van der Waals surface area (Å²) in [7, 11) is 0. The van der Waals surface area contributed by atoms with E-state index in [1.54, 1.807) is 12.1 Å². The van der Waals surface area contributed by atoms with E-state index in [0.29, 0.717) is 17.6 Å². The predicted octanol–water partition coefficient (Wildman–Crippen LogP) is 2.46. The van der Waals surface area contributed by atoms with Crippen molar-refractivity contribution in [2.45, 2.75) is 19.5 Å². The number of benzene rings is 1. The molecule has 1 aromatic carbocycles. The van der Waals surface area contributed by atoms with E-state index >= 15 is 0 Å². The Balaban J connectivity index is 0.00000180. The van der Waals surface area contributed by atoms with Gasteiger partial charge in [-0.3, -0.25) is 15.0 Å². The molecule has 1 aliphatic rings. The fraction of sp³-hybridized carbons (Fsp3) is 0.500. The van der Waals surface area contributed by atoms with Crippen LogP contribution in [0.15, 0.2) is 18.2 Å². The molecule has 1 aliphatic heterocycles. The third-order valence-corrected chi connectivity index (χ3v) is 3.49. The molecule has 0 unspecified atom stereocenters. The van der Waals surface area contributed by atoms with Crippen molar-refractivity contribution in [3.8, 4) is 0 Å². The second-order valence-electron chi connectivity index (χ2n) is 4.55. The van der Waals surface area contributed by atoms with Crippen LogP contribution >= 0.6 is 24.0 Å². The lowest BCUT2D eigenvalue weighted by Crippen LogP contribution is -2.49. The van der Waals surface area contributed by atoms with Crippen molar-refractivity contribution >= 4 is 29.7 Å². The quantitative estimate of drug-likeness (QED) is 0.688. The summed E-state index contributed by atoms with van der Waals surface area (Å²) >= 11 is 5.80. The number of hydrogen-bond acceptors (Lipinski definition) is 4. The van der Waals surface area contributed by atoms with Crippen molar-refractivity contribution in [2.75, 3.05) is 19.6 Å². The van der Waals surface area contributed by atoms with Gasteiger partial charge in [0.25, 0.3) is 5.69 Å². The number of nitrogens with zero attached hydrogens (tertiary/aromatic N) is 2. The molecule has 1 N–H and O–H groups in total. The maximum Gasteiger partial charge on any atom is 0.275 e. The molecule has 1 atom stereocenters. The van der Waals surface area contributed by atoms with Crippen LogP contribution < -0.4 is 5.32 Å². The number of nitrogens with one attached hydrogen (secondary N) is 1. The fourth-order valence-electron chi connectivity index (χ4n) is 2.18. The largest absolute Gasteiger partial charge is 0.314 e. The normalized spacial score (nSPS) is 19.8. The number of hydrogen-bond donors (Lipinski definition) is 1. The zero-order chi connectivity index (χ0) is 13.1. The Labute approximate surface area is 123 Å². The molecule has 0 spiro atoms. The Kier molecular flexibility index (Phi) is 6.00. The second kappa shape index (κ2) is 7.05. The molecule has 1 fully saturated rings. The zero-order valence-corrected chi connectivity index (χ0v) is 12.2. The van der Waals surface area contributed by atoms with Crippen LogP contribution in [0.1, 0.15) is 12.5 Å². The van der Waals surface area contributed by atoms with Gasteiger partial charge in [0.15, 0.2) is 0 Å². The van der Waals surface area contributed by atoms with Crippen LogP contribution in [0, 0.1) is 10.1 Å². The van der Waals surface area contributed by atoms with Crippen molar-refractivity contribution in [2.24, 2.45) is 0 Å². The van der Waals surface area contributed by atoms with Crippen LogP contribution in [0.5, 0.6) is 0 Å². The van der Waals surface area contributed by atoms with E-state index < -0.39 is 0 Å². The maximum absolute atomic E-state index is 11.0. The Morgan fingerprint density at radius 3 is 2.95 bits per heavy atom. The van der Waals surface area contributed by atoms with Gasteiger partial charge in [0, 0.05) is 48.9 Å². The minimum atomic E-state index is -0.367. The van der Waals surface area contributed by atoms with Crippen molar-refractivity contribution in [3.05, 3.63) is 38.9 Å². The molecule has 1 heterocycles. The van der Waals surface area contributed by atoms with Gasteiger partial charge < -0.3 is 5.32 Å². The molecule has 7 heteroatoms. The molecule has 1 saturated heterocycles. The number of piperazine rings is 1. The summed E-state index contributed by atoms with van der Waals surface area (Å²) < 4.78 is 0. The van der Waals surface area contributed by atoms with Gasteiger partial charge in [-0.1, -0.05) is 11.6 Å². The van der Waals surface area contributed by atoms with Crippen LogP contribution in [0.25, 0.3) is 0 Å². The second-order valence-corrected chi connectivity index (χ2v) is 4.99. The predicted molar refractivity (Wildman–Crippen MR) is 78.1 cm³/mol. The third-order valence-electron chi connectivity index (χ3n) is 3.26. The summed E-state index contributed by atoms with van der Waals surface area (Å²) in [5.41, 5.74) is 0.825. The molecule has 2 rings (SSSR count). The molecule has 0 saturated carbocycles. The average molecular weight is 306 g/mol. The standard InChI is InChI=1S/C12H16ClN3O2.ClH/c1-9-7-14-4-5-15(9)8-10-2-3-11(13)6-12(10)16(17)18;/h2-3,6,9,14H,4-5,7-8H2,1H3;1H/t9-;/m0./s1. The molecule has 106 valence electrons. The average Bonchev–Trinajstić information content (AvgIpc) is 2.34. The van der Waals surface area contributed by atoms with Crippen LogP contribution in [0.4, 0.5) is 5.69 Å². The monoisotopic (exact) mass is 305 g/mol. The highest BCUT2D eigenvalue weighted by molar-refractivity contribution is 6.30. The Bertz CT molecular complexity index is 457. The third kappa shape index (κ3) is 4.04. The first kappa shape index (κ1) is 16.2. The van der Waals surface area contributed by atoms with Gasteiger partial charge in [0.2, 0.25) is 0 Å². The molecular formula is C12H17Cl2N3O2. The maximum atomic E-state index is 11.0. The molecular weight excluding hydrogens is 289 g/mol. The lowest BCUT2D eigenvalue weighted by atomic mass is 10.1. The number of nitro benzene ring substituents is 1. The molecule has 0 aromatic heterocycles. The van der Waals surface area contributed by atoms with Crippen molar-refractivity contribution in [1.29, 1.82) is 0 Å². The summed E-state index contributed by atoms with van der Waals surface area (Å²) in [6.45, 7) is 5.46. The highest BCUT2D eigenvalue weighted by Gasteiger charge is 2.22. The summed E-state index contributed by atoms with van der Waals surface area (Å²) in [6.07, 6.45) is 0. The van der Waals surface area contributed by atoms with Crippen molar-refractivity contribution in [1.82, 2.24) is 10.2 Å². The van der Waals surface area contributed by atoms with Crippen LogP contribution in [0.2, 0.25) is 5.02 Å². The lowest BCUT2D eigenvalue weighted by molar-refractivity contribution is -0.385. The topological polar surface area (TPSA) is 58.4 Å². The molecule has 0 aliphatic carbocycles. The first-order valence-corrected chi connectivity index (χ1v) is 6.33. The highest BCUT2D eigenvalue weighted by Crippen LogP contribution is 2.25. The Morgan fingerprint density at radius 2 is 2.32 bits per heavy atom. The van der Waals surface area contributed by atoms with Crippen LogP contribution in [-0.2, 0) is 6.54 Å². The molecule has 0 radical (unpaired) electrons. The van der Waals surface area contributed by atoms with E-state index in [1.807, 2.05) is 0 Å². The van der Waals surface area contributed by atoms with Crippen molar-refractivity contribution in [3.63, 3.8) is 0 Å². The van der Waals surface area contributed by atoms with E-state index in [0.717, 1.165) is 25.2 Å². The summed E-state index contributed by atoms with van der Waals surface area (Å²) in [5, 5.41) is 14.7. The Hall–Kier alpha value is -0.880. The molecule has 0 bridgehead atoms. The van der Waals surface area contributed by atoms with Gasteiger partial charge in [-0.15, -0.1) is 12.4 Å². The first-order chi connectivity index (χ1) is 8.58. The van der Waals surface area contributed by atoms with Gasteiger partial charge in [0.05, 0.1) is 4.92 Å². The summed E-state index contributed by atoms with van der Waals surface area (Å²) in [6, 6.07) is 5.25. The van der Waals surface area contributed by atoms with Gasteiger partial charge in [-0.25, -0.2) is 0 Å². The SMILES string of the molecule is C[C@H]1CNCCN1Cc1ccc(Cl)cc1[N+](=O)[O-].Cl. The van der Waals surface area contributed by atoms with E-state index in [1.165, 1.54) is 6.07 Å². The first-order valence-electron chi connectivity index (χ1n) is 5.95. The highest BCUT2D eigenvalue weighted by atomic mass is 35.5. The van der Waals surface area contributed by atoms with Gasteiger partial charge >= 0.3 is 0 Å². The minimum absolute atomic E-state index is 0. The number of rotatable bonds is 3. The van der Waals surface area contributed by atoms with Gasteiger partial charge in [-0.05, 0) is 19.1 Å². The smallest absolute Gasteiger partial charge is 0.275 e. The van der Waals surface area contributed by atoms with E-state index in [-0.39, 0.29) is 23.0 Å². The number of halogens is 2. The zero-order valence-electron chi connectivity index (χ0n) is 10.6. The Morgan fingerprint density at radius 1 is 1.58 bits per heavy atom. The van der Waals surface area contributed by atoms with Crippen molar-refractivity contribution < 1.29 is 4.92 Å². The molecule has 19 heavy (non-hydrogen) atoms. The minimum Gasteiger partial charge on any atom is -0.314 e. The number of nitro groups is 1. The lowest BCUT2D eigenvalue weighted by Gasteiger charge is -2.33. The van der Waals surface area contributed by atoms with E-state index in [4.69, 9.17) is 11.6 Å². The van der Waals surface area contributed by atoms with Gasteiger partial charge in [-0.2, -0.15) is 0 Å². The summed E-state index contributed by atoms with van der Waals surface area (Å²) in [4.78, 5) is 12.9. The van der Waals surface area contributed by atoms with Crippen LogP contribution in [0.3, 0.4) is 0 Å². The molecule has 5 nitrogen and oxygen atoms in total. The van der Waals surface area contributed by atoms with Gasteiger partial charge in [0.1, 0.15) is 0 Å². The molecule has 1 aromatic rings. The summed E-state index contributed by atoms with van der Waals surface area (Å²) in [5.74, 6) is 0. The van der Waals surface area contributed by atoms with Crippen LogP contribution in [-0.4, -0.2) is 35.5 Å². The fourth-order valence-corrected chi connectivity index (χ4v) is 2.34.